The number of benzene rings is 1. The molecule has 3 heteroatoms. The van der Waals surface area contributed by atoms with Crippen LogP contribution in [0, 0.1) is 0 Å². The summed E-state index contributed by atoms with van der Waals surface area (Å²) < 4.78 is 5.38. The van der Waals surface area contributed by atoms with Gasteiger partial charge in [-0.2, -0.15) is 0 Å². The third-order valence-electron chi connectivity index (χ3n) is 4.09. The van der Waals surface area contributed by atoms with Gasteiger partial charge in [0.05, 0.1) is 18.8 Å². The Morgan fingerprint density at radius 3 is 2.65 bits per heavy atom. The number of aryl methyl sites for hydroxylation is 1. The molecule has 0 aromatic heterocycles. The minimum absolute atomic E-state index is 0.206. The summed E-state index contributed by atoms with van der Waals surface area (Å²) >= 11 is 0. The Bertz CT molecular complexity index is 462. The number of morpholine rings is 1. The van der Waals surface area contributed by atoms with E-state index in [0.717, 1.165) is 31.5 Å². The third-order valence-corrected chi connectivity index (χ3v) is 4.09. The molecule has 0 N–H and O–H groups in total. The number of carbonyl (C=O) groups excluding carboxylic acids is 1. The molecule has 1 aromatic carbocycles. The van der Waals surface area contributed by atoms with Gasteiger partial charge in [0.2, 0.25) is 0 Å². The number of ketones is 1. The van der Waals surface area contributed by atoms with Gasteiger partial charge in [-0.25, -0.2) is 0 Å². The highest BCUT2D eigenvalue weighted by molar-refractivity contribution is 6.02. The summed E-state index contributed by atoms with van der Waals surface area (Å²) in [7, 11) is 0. The zero-order chi connectivity index (χ0) is 14.6. The van der Waals surface area contributed by atoms with Crippen LogP contribution in [0.3, 0.4) is 0 Å². The summed E-state index contributed by atoms with van der Waals surface area (Å²) in [6, 6.07) is 8.08. The van der Waals surface area contributed by atoms with Crippen molar-refractivity contribution in [3.8, 4) is 0 Å². The van der Waals surface area contributed by atoms with Crippen molar-refractivity contribution in [1.29, 1.82) is 0 Å². The number of nitrogens with zero attached hydrogens (tertiary/aromatic N) is 1. The van der Waals surface area contributed by atoms with Gasteiger partial charge in [0, 0.05) is 18.7 Å². The van der Waals surface area contributed by atoms with E-state index in [9.17, 15) is 4.79 Å². The van der Waals surface area contributed by atoms with Gasteiger partial charge in [-0.1, -0.05) is 31.5 Å². The molecule has 20 heavy (non-hydrogen) atoms. The first-order chi connectivity index (χ1) is 9.55. The molecule has 0 bridgehead atoms. The van der Waals surface area contributed by atoms with Crippen molar-refractivity contribution in [2.24, 2.45) is 0 Å². The van der Waals surface area contributed by atoms with Gasteiger partial charge in [-0.3, -0.25) is 9.69 Å². The van der Waals surface area contributed by atoms with E-state index in [4.69, 9.17) is 4.74 Å². The van der Waals surface area contributed by atoms with Crippen molar-refractivity contribution in [2.45, 2.75) is 39.2 Å². The predicted octanol–water partition coefficient (Wildman–Crippen LogP) is 2.93. The average molecular weight is 275 g/mol. The molecule has 0 amide bonds. The van der Waals surface area contributed by atoms with Crippen LogP contribution >= 0.6 is 0 Å². The Kier molecular flexibility index (Phi) is 4.95. The van der Waals surface area contributed by atoms with Crippen LogP contribution in [0.4, 0.5) is 0 Å². The lowest BCUT2D eigenvalue weighted by molar-refractivity contribution is -0.00430. The van der Waals surface area contributed by atoms with E-state index in [1.807, 2.05) is 32.0 Å². The van der Waals surface area contributed by atoms with E-state index < -0.39 is 5.54 Å². The van der Waals surface area contributed by atoms with Gasteiger partial charge in [0.25, 0.3) is 0 Å². The molecule has 110 valence electrons. The van der Waals surface area contributed by atoms with Crippen molar-refractivity contribution < 1.29 is 9.53 Å². The van der Waals surface area contributed by atoms with Crippen LogP contribution in [-0.4, -0.2) is 42.5 Å². The molecule has 1 aliphatic heterocycles. The molecule has 1 heterocycles. The highest BCUT2D eigenvalue weighted by Crippen LogP contribution is 2.22. The molecule has 3 nitrogen and oxygen atoms in total. The molecule has 2 rings (SSSR count). The SMILES string of the molecule is CCCc1cccc(C(=O)C(C)(C)N2CCOCC2)c1. The Morgan fingerprint density at radius 2 is 2.00 bits per heavy atom. The lowest BCUT2D eigenvalue weighted by Gasteiger charge is -2.39. The van der Waals surface area contributed by atoms with Gasteiger partial charge in [-0.15, -0.1) is 0 Å². The lowest BCUT2D eigenvalue weighted by Crippen LogP contribution is -2.54. The van der Waals surface area contributed by atoms with E-state index >= 15 is 0 Å². The van der Waals surface area contributed by atoms with Gasteiger partial charge >= 0.3 is 0 Å². The second-order valence-electron chi connectivity index (χ2n) is 5.94. The van der Waals surface area contributed by atoms with Crippen molar-refractivity contribution >= 4 is 5.78 Å². The van der Waals surface area contributed by atoms with Gasteiger partial charge in [-0.05, 0) is 31.9 Å². The van der Waals surface area contributed by atoms with E-state index in [2.05, 4.69) is 17.9 Å². The van der Waals surface area contributed by atoms with Crippen LogP contribution in [-0.2, 0) is 11.2 Å². The summed E-state index contributed by atoms with van der Waals surface area (Å²) in [6.45, 7) is 9.28. The van der Waals surface area contributed by atoms with Gasteiger partial charge in [0.15, 0.2) is 5.78 Å². The largest absolute Gasteiger partial charge is 0.379 e. The number of ether oxygens (including phenoxy) is 1. The fourth-order valence-corrected chi connectivity index (χ4v) is 2.78. The molecular formula is C17H25NO2. The van der Waals surface area contributed by atoms with Crippen LogP contribution in [0.2, 0.25) is 0 Å². The van der Waals surface area contributed by atoms with Gasteiger partial charge in [0.1, 0.15) is 0 Å². The summed E-state index contributed by atoms with van der Waals surface area (Å²) in [5.74, 6) is 0.206. The third kappa shape index (κ3) is 3.28. The highest BCUT2D eigenvalue weighted by atomic mass is 16.5. The van der Waals surface area contributed by atoms with Crippen molar-refractivity contribution in [2.75, 3.05) is 26.3 Å². The molecule has 0 unspecified atom stereocenters. The van der Waals surface area contributed by atoms with Gasteiger partial charge < -0.3 is 4.74 Å². The minimum atomic E-state index is -0.464. The van der Waals surface area contributed by atoms with Crippen LogP contribution in [0.5, 0.6) is 0 Å². The molecule has 1 fully saturated rings. The van der Waals surface area contributed by atoms with Crippen molar-refractivity contribution in [3.63, 3.8) is 0 Å². The van der Waals surface area contributed by atoms with Crippen LogP contribution in [0.15, 0.2) is 24.3 Å². The van der Waals surface area contributed by atoms with Crippen LogP contribution in [0.25, 0.3) is 0 Å². The monoisotopic (exact) mass is 275 g/mol. The topological polar surface area (TPSA) is 29.5 Å². The Morgan fingerprint density at radius 1 is 1.30 bits per heavy atom. The Hall–Kier alpha value is -1.19. The average Bonchev–Trinajstić information content (AvgIpc) is 2.48. The molecule has 0 atom stereocenters. The zero-order valence-corrected chi connectivity index (χ0v) is 12.8. The normalized spacial score (nSPS) is 17.1. The molecular weight excluding hydrogens is 250 g/mol. The first-order valence-electron chi connectivity index (χ1n) is 7.52. The highest BCUT2D eigenvalue weighted by Gasteiger charge is 2.35. The maximum atomic E-state index is 12.8. The number of hydrogen-bond donors (Lipinski definition) is 0. The fraction of sp³-hybridized carbons (Fsp3) is 0.588. The number of rotatable bonds is 5. The van der Waals surface area contributed by atoms with Crippen molar-refractivity contribution in [1.82, 2.24) is 4.90 Å². The molecule has 0 aliphatic carbocycles. The molecule has 0 radical (unpaired) electrons. The lowest BCUT2D eigenvalue weighted by atomic mass is 9.90. The second kappa shape index (κ2) is 6.51. The Labute approximate surface area is 121 Å². The smallest absolute Gasteiger partial charge is 0.182 e. The molecule has 1 saturated heterocycles. The summed E-state index contributed by atoms with van der Waals surface area (Å²) in [6.07, 6.45) is 2.13. The van der Waals surface area contributed by atoms with E-state index in [0.29, 0.717) is 13.2 Å². The summed E-state index contributed by atoms with van der Waals surface area (Å²) in [5, 5.41) is 0. The first kappa shape index (κ1) is 15.2. The maximum Gasteiger partial charge on any atom is 0.182 e. The van der Waals surface area contributed by atoms with E-state index in [-0.39, 0.29) is 5.78 Å². The molecule has 0 saturated carbocycles. The minimum Gasteiger partial charge on any atom is -0.379 e. The molecule has 1 aromatic rings. The quantitative estimate of drug-likeness (QED) is 0.774. The second-order valence-corrected chi connectivity index (χ2v) is 5.94. The fourth-order valence-electron chi connectivity index (χ4n) is 2.78. The summed E-state index contributed by atoms with van der Waals surface area (Å²) in [4.78, 5) is 15.1. The predicted molar refractivity (Wildman–Crippen MR) is 81.2 cm³/mol. The van der Waals surface area contributed by atoms with Crippen molar-refractivity contribution in [3.05, 3.63) is 35.4 Å². The maximum absolute atomic E-state index is 12.8. The first-order valence-corrected chi connectivity index (χ1v) is 7.52. The van der Waals surface area contributed by atoms with E-state index in [1.165, 1.54) is 5.56 Å². The zero-order valence-electron chi connectivity index (χ0n) is 12.8. The van der Waals surface area contributed by atoms with Crippen LogP contribution < -0.4 is 0 Å². The summed E-state index contributed by atoms with van der Waals surface area (Å²) in [5.41, 5.74) is 1.61. The Balaban J connectivity index is 2.18. The molecule has 0 spiro atoms. The van der Waals surface area contributed by atoms with E-state index in [1.54, 1.807) is 0 Å². The standard InChI is InChI=1S/C17H25NO2/c1-4-6-14-7-5-8-15(13-14)16(19)17(2,3)18-9-11-20-12-10-18/h5,7-8,13H,4,6,9-12H2,1-3H3. The molecule has 1 aliphatic rings. The number of hydrogen-bond acceptors (Lipinski definition) is 3. The van der Waals surface area contributed by atoms with Crippen LogP contribution in [0.1, 0.15) is 43.1 Å². The number of Topliss-reactive ketones (excluding diaryl/α,β-unsaturated/α-hetero) is 1. The number of carbonyl (C=O) groups is 1.